The lowest BCUT2D eigenvalue weighted by Crippen LogP contribution is -2.40. The first-order valence-electron chi connectivity index (χ1n) is 11.5. The van der Waals surface area contributed by atoms with E-state index >= 15 is 0 Å². The van der Waals surface area contributed by atoms with Crippen molar-refractivity contribution in [2.45, 2.75) is 115 Å². The second-order valence-electron chi connectivity index (χ2n) is 8.06. The van der Waals surface area contributed by atoms with E-state index in [9.17, 15) is 15.3 Å². The number of hydrogen-bond donors (Lipinski definition) is 3. The Labute approximate surface area is 172 Å². The van der Waals surface area contributed by atoms with Crippen LogP contribution in [-0.2, 0) is 9.47 Å². The molecule has 166 valence electrons. The Morgan fingerprint density at radius 3 is 2.00 bits per heavy atom. The summed E-state index contributed by atoms with van der Waals surface area (Å²) in [5, 5.41) is 29.0. The first-order chi connectivity index (χ1) is 13.7. The maximum absolute atomic E-state index is 9.94. The third-order valence-corrected chi connectivity index (χ3v) is 5.42. The van der Waals surface area contributed by atoms with Crippen LogP contribution in [0.15, 0.2) is 12.2 Å². The average Bonchev–Trinajstić information content (AvgIpc) is 3.03. The molecule has 1 aliphatic heterocycles. The second kappa shape index (κ2) is 17.4. The van der Waals surface area contributed by atoms with Crippen LogP contribution in [0, 0.1) is 0 Å². The van der Waals surface area contributed by atoms with Crippen molar-refractivity contribution in [1.82, 2.24) is 0 Å². The highest BCUT2D eigenvalue weighted by Crippen LogP contribution is 2.18. The van der Waals surface area contributed by atoms with Crippen molar-refractivity contribution < 1.29 is 24.8 Å². The van der Waals surface area contributed by atoms with Gasteiger partial charge in [0.05, 0.1) is 13.2 Å². The van der Waals surface area contributed by atoms with E-state index in [1.165, 1.54) is 64.2 Å². The van der Waals surface area contributed by atoms with Gasteiger partial charge in [-0.25, -0.2) is 0 Å². The number of rotatable bonds is 18. The van der Waals surface area contributed by atoms with E-state index in [1.807, 2.05) is 0 Å². The maximum atomic E-state index is 9.94. The fourth-order valence-corrected chi connectivity index (χ4v) is 3.61. The summed E-state index contributed by atoms with van der Waals surface area (Å²) < 4.78 is 10.7. The van der Waals surface area contributed by atoms with Gasteiger partial charge in [-0.05, 0) is 25.7 Å². The molecule has 0 aromatic rings. The SMILES string of the molecule is CC/C=C/CCCCCCCCCCCCCOC[C@@H](O)[C@H]1OC[C@H](O)[C@H]1O. The van der Waals surface area contributed by atoms with E-state index in [0.717, 1.165) is 19.3 Å². The highest BCUT2D eigenvalue weighted by atomic mass is 16.5. The molecule has 0 aliphatic carbocycles. The van der Waals surface area contributed by atoms with Crippen LogP contribution in [0.1, 0.15) is 90.4 Å². The molecule has 0 unspecified atom stereocenters. The smallest absolute Gasteiger partial charge is 0.114 e. The lowest BCUT2D eigenvalue weighted by molar-refractivity contribution is -0.0813. The van der Waals surface area contributed by atoms with Crippen molar-refractivity contribution in [1.29, 1.82) is 0 Å². The van der Waals surface area contributed by atoms with E-state index in [4.69, 9.17) is 9.47 Å². The molecule has 0 aromatic heterocycles. The highest BCUT2D eigenvalue weighted by Gasteiger charge is 2.39. The molecule has 1 fully saturated rings. The summed E-state index contributed by atoms with van der Waals surface area (Å²) in [6, 6.07) is 0. The van der Waals surface area contributed by atoms with Crippen LogP contribution >= 0.6 is 0 Å². The summed E-state index contributed by atoms with van der Waals surface area (Å²) in [4.78, 5) is 0. The van der Waals surface area contributed by atoms with Gasteiger partial charge in [0.15, 0.2) is 0 Å². The molecule has 4 atom stereocenters. The standard InChI is InChI=1S/C23H44O5/c1-2-3-4-5-6-7-8-9-10-11-12-13-14-15-16-17-27-18-21(25)23-22(26)20(24)19-28-23/h3-4,20-26H,2,5-19H2,1H3/b4-3+/t20-,21+,22+,23+/m0/s1. The molecular weight excluding hydrogens is 356 g/mol. The minimum absolute atomic E-state index is 0.0690. The minimum Gasteiger partial charge on any atom is -0.388 e. The zero-order chi connectivity index (χ0) is 20.5. The molecule has 0 bridgehead atoms. The van der Waals surface area contributed by atoms with Crippen LogP contribution in [-0.4, -0.2) is 59.6 Å². The van der Waals surface area contributed by atoms with Crippen LogP contribution in [0.25, 0.3) is 0 Å². The normalized spacial score (nSPS) is 23.6. The van der Waals surface area contributed by atoms with Crippen LogP contribution in [0.4, 0.5) is 0 Å². The molecule has 0 aromatic carbocycles. The van der Waals surface area contributed by atoms with Gasteiger partial charge in [-0.3, -0.25) is 0 Å². The number of unbranched alkanes of at least 4 members (excludes halogenated alkanes) is 11. The predicted molar refractivity (Wildman–Crippen MR) is 113 cm³/mol. The number of hydrogen-bond acceptors (Lipinski definition) is 5. The van der Waals surface area contributed by atoms with Gasteiger partial charge >= 0.3 is 0 Å². The van der Waals surface area contributed by atoms with Crippen molar-refractivity contribution >= 4 is 0 Å². The summed E-state index contributed by atoms with van der Waals surface area (Å²) in [5.74, 6) is 0. The van der Waals surface area contributed by atoms with Crippen molar-refractivity contribution in [2.75, 3.05) is 19.8 Å². The number of aliphatic hydroxyl groups is 3. The van der Waals surface area contributed by atoms with Crippen molar-refractivity contribution in [3.8, 4) is 0 Å². The molecule has 1 aliphatic rings. The fraction of sp³-hybridized carbons (Fsp3) is 0.913. The number of ether oxygens (including phenoxy) is 2. The molecular formula is C23H44O5. The Balaban J connectivity index is 1.77. The first-order valence-corrected chi connectivity index (χ1v) is 11.5. The first kappa shape index (κ1) is 25.6. The molecule has 1 rings (SSSR count). The molecule has 0 radical (unpaired) electrons. The van der Waals surface area contributed by atoms with Crippen molar-refractivity contribution in [2.24, 2.45) is 0 Å². The van der Waals surface area contributed by atoms with E-state index in [2.05, 4.69) is 19.1 Å². The Morgan fingerprint density at radius 1 is 0.893 bits per heavy atom. The summed E-state index contributed by atoms with van der Waals surface area (Å²) in [6.45, 7) is 3.02. The second-order valence-corrected chi connectivity index (χ2v) is 8.06. The summed E-state index contributed by atoms with van der Waals surface area (Å²) in [6.07, 6.45) is 17.6. The zero-order valence-corrected chi connectivity index (χ0v) is 17.9. The fourth-order valence-electron chi connectivity index (χ4n) is 3.61. The van der Waals surface area contributed by atoms with Crippen molar-refractivity contribution in [3.05, 3.63) is 12.2 Å². The van der Waals surface area contributed by atoms with E-state index < -0.39 is 24.4 Å². The lowest BCUT2D eigenvalue weighted by atomic mass is 10.1. The third-order valence-electron chi connectivity index (χ3n) is 5.42. The minimum atomic E-state index is -1.03. The van der Waals surface area contributed by atoms with Gasteiger partial charge < -0.3 is 24.8 Å². The zero-order valence-electron chi connectivity index (χ0n) is 17.9. The molecule has 3 N–H and O–H groups in total. The summed E-state index contributed by atoms with van der Waals surface area (Å²) in [5.41, 5.74) is 0. The van der Waals surface area contributed by atoms with Crippen LogP contribution in [0.3, 0.4) is 0 Å². The Hall–Kier alpha value is -0.460. The highest BCUT2D eigenvalue weighted by molar-refractivity contribution is 4.87. The quantitative estimate of drug-likeness (QED) is 0.238. The Kier molecular flexibility index (Phi) is 15.9. The van der Waals surface area contributed by atoms with E-state index in [1.54, 1.807) is 0 Å². The maximum Gasteiger partial charge on any atom is 0.114 e. The molecule has 5 nitrogen and oxygen atoms in total. The topological polar surface area (TPSA) is 79.2 Å². The lowest BCUT2D eigenvalue weighted by Gasteiger charge is -2.20. The third kappa shape index (κ3) is 12.2. The van der Waals surface area contributed by atoms with E-state index in [-0.39, 0.29) is 13.2 Å². The molecule has 28 heavy (non-hydrogen) atoms. The largest absolute Gasteiger partial charge is 0.388 e. The molecule has 1 saturated heterocycles. The Morgan fingerprint density at radius 2 is 1.46 bits per heavy atom. The summed E-state index contributed by atoms with van der Waals surface area (Å²) >= 11 is 0. The van der Waals surface area contributed by atoms with Gasteiger partial charge in [-0.2, -0.15) is 0 Å². The summed E-state index contributed by atoms with van der Waals surface area (Å²) in [7, 11) is 0. The number of aliphatic hydroxyl groups excluding tert-OH is 3. The van der Waals surface area contributed by atoms with Gasteiger partial charge in [0.2, 0.25) is 0 Å². The molecule has 0 amide bonds. The monoisotopic (exact) mass is 400 g/mol. The van der Waals surface area contributed by atoms with Crippen LogP contribution in [0.2, 0.25) is 0 Å². The van der Waals surface area contributed by atoms with Crippen LogP contribution in [0.5, 0.6) is 0 Å². The predicted octanol–water partition coefficient (Wildman–Crippen LogP) is 4.13. The van der Waals surface area contributed by atoms with Crippen LogP contribution < -0.4 is 0 Å². The average molecular weight is 401 g/mol. The van der Waals surface area contributed by atoms with Gasteiger partial charge in [-0.1, -0.05) is 76.9 Å². The molecule has 0 spiro atoms. The number of allylic oxidation sites excluding steroid dienone is 2. The van der Waals surface area contributed by atoms with E-state index in [0.29, 0.717) is 6.61 Å². The van der Waals surface area contributed by atoms with Gasteiger partial charge in [0, 0.05) is 6.61 Å². The van der Waals surface area contributed by atoms with Crippen molar-refractivity contribution in [3.63, 3.8) is 0 Å². The van der Waals surface area contributed by atoms with Gasteiger partial charge in [0.1, 0.15) is 24.4 Å². The van der Waals surface area contributed by atoms with Gasteiger partial charge in [-0.15, -0.1) is 0 Å². The molecule has 0 saturated carbocycles. The molecule has 5 heteroatoms. The van der Waals surface area contributed by atoms with Gasteiger partial charge in [0.25, 0.3) is 0 Å². The Bertz CT molecular complexity index is 374. The molecule has 1 heterocycles.